The number of aryl methyl sites for hydroxylation is 1. The number of hydrogen-bond donors (Lipinski definition) is 7. The van der Waals surface area contributed by atoms with Gasteiger partial charge in [-0.2, -0.15) is 5.26 Å². The monoisotopic (exact) mass is 930 g/mol. The summed E-state index contributed by atoms with van der Waals surface area (Å²) in [4.78, 5) is 72.5. The van der Waals surface area contributed by atoms with E-state index in [0.29, 0.717) is 58.7 Å². The molecule has 5 rings (SSSR count). The zero-order valence-corrected chi connectivity index (χ0v) is 39.9. The summed E-state index contributed by atoms with van der Waals surface area (Å²) in [6.07, 6.45) is 4.56. The van der Waals surface area contributed by atoms with Crippen molar-refractivity contribution in [2.24, 2.45) is 17.2 Å². The Morgan fingerprint density at radius 2 is 1.44 bits per heavy atom. The Hall–Kier alpha value is -6.80. The lowest BCUT2D eigenvalue weighted by atomic mass is 9.93. The summed E-state index contributed by atoms with van der Waals surface area (Å²) < 4.78 is 12.3. The first kappa shape index (κ1) is 52.2. The lowest BCUT2D eigenvalue weighted by Gasteiger charge is -2.33. The molecule has 16 nitrogen and oxygen atoms in total. The molecule has 0 unspecified atom stereocenters. The van der Waals surface area contributed by atoms with E-state index < -0.39 is 59.2 Å². The number of nitrogens with two attached hydrogens (primary N) is 3. The maximum absolute atomic E-state index is 14.9. The first-order valence-corrected chi connectivity index (χ1v) is 23.4. The number of nitriles is 1. The first-order chi connectivity index (χ1) is 32.6. The van der Waals surface area contributed by atoms with E-state index in [-0.39, 0.29) is 39.1 Å². The maximum atomic E-state index is 14.9. The highest BCUT2D eigenvalue weighted by atomic mass is 16.5. The van der Waals surface area contributed by atoms with Crippen molar-refractivity contribution in [2.45, 2.75) is 102 Å². The highest BCUT2D eigenvalue weighted by molar-refractivity contribution is 5.99. The van der Waals surface area contributed by atoms with Crippen molar-refractivity contribution in [3.63, 3.8) is 0 Å². The highest BCUT2D eigenvalue weighted by Gasteiger charge is 2.36. The van der Waals surface area contributed by atoms with Crippen molar-refractivity contribution in [3.8, 4) is 39.8 Å². The Bertz CT molecular complexity index is 2420. The van der Waals surface area contributed by atoms with Gasteiger partial charge in [-0.15, -0.1) is 0 Å². The van der Waals surface area contributed by atoms with Gasteiger partial charge in [-0.1, -0.05) is 61.9 Å². The molecular formula is C52H67N9O7. The molecule has 68 heavy (non-hydrogen) atoms. The lowest BCUT2D eigenvalue weighted by molar-refractivity contribution is -0.141. The topological polar surface area (TPSA) is 257 Å². The van der Waals surface area contributed by atoms with E-state index in [1.165, 1.54) is 38.3 Å². The zero-order chi connectivity index (χ0) is 49.4. The van der Waals surface area contributed by atoms with Crippen molar-refractivity contribution in [1.29, 1.82) is 5.26 Å². The molecule has 0 radical (unpaired) electrons. The van der Waals surface area contributed by atoms with Crippen molar-refractivity contribution in [2.75, 3.05) is 39.9 Å². The smallest absolute Gasteiger partial charge is 0.251 e. The van der Waals surface area contributed by atoms with Gasteiger partial charge < -0.3 is 52.8 Å². The average Bonchev–Trinajstić information content (AvgIpc) is 3.33. The van der Waals surface area contributed by atoms with E-state index >= 15 is 0 Å². The molecule has 0 saturated carbocycles. The molecule has 4 aromatic rings. The number of fused-ring (bicyclic) bond motifs is 5. The Labute approximate surface area is 399 Å². The molecule has 5 amide bonds. The van der Waals surface area contributed by atoms with Crippen LogP contribution in [0.3, 0.4) is 0 Å². The first-order valence-electron chi connectivity index (χ1n) is 23.4. The highest BCUT2D eigenvalue weighted by Crippen LogP contribution is 2.40. The molecule has 0 saturated heterocycles. The van der Waals surface area contributed by atoms with Gasteiger partial charge in [-0.25, -0.2) is 0 Å². The SMILES string of the molecule is CCCCc1ccc(-c2ccc(C(=O)N[C@@H](CCCCN)C(=O)N(C)[C@@H]3C(=O)N[C@@H](C)C(=O)N[C@H](C(=O)NC(C)(C)C#N)Cc4ccc(OCCN)c(c4)-c4cc3ccc4OCCN)cc2)cc1. The molecule has 0 fully saturated rings. The molecule has 16 heteroatoms. The van der Waals surface area contributed by atoms with Gasteiger partial charge in [0, 0.05) is 43.2 Å². The molecule has 1 aliphatic rings. The number of hydrogen-bond acceptors (Lipinski definition) is 11. The summed E-state index contributed by atoms with van der Waals surface area (Å²) in [5.74, 6) is -2.27. The number of rotatable bonds is 20. The fourth-order valence-electron chi connectivity index (χ4n) is 7.93. The number of unbranched alkanes of at least 4 members (excludes halogenated alkanes) is 2. The van der Waals surface area contributed by atoms with Gasteiger partial charge in [0.25, 0.3) is 5.91 Å². The van der Waals surface area contributed by atoms with Gasteiger partial charge in [0.1, 0.15) is 54.4 Å². The number of carbonyl (C=O) groups is 5. The largest absolute Gasteiger partial charge is 0.492 e. The lowest BCUT2D eigenvalue weighted by Crippen LogP contribution is -2.57. The summed E-state index contributed by atoms with van der Waals surface area (Å²) in [5.41, 5.74) is 21.9. The van der Waals surface area contributed by atoms with Gasteiger partial charge in [0.05, 0.1) is 6.07 Å². The Morgan fingerprint density at radius 1 is 0.824 bits per heavy atom. The fraction of sp³-hybridized carbons (Fsp3) is 0.423. The molecule has 0 aliphatic carbocycles. The number of nitrogens with zero attached hydrogens (tertiary/aromatic N) is 2. The van der Waals surface area contributed by atoms with Gasteiger partial charge >= 0.3 is 0 Å². The Morgan fingerprint density at radius 3 is 2.04 bits per heavy atom. The van der Waals surface area contributed by atoms with Crippen LogP contribution in [0.15, 0.2) is 84.9 Å². The van der Waals surface area contributed by atoms with Crippen LogP contribution in [0.25, 0.3) is 22.3 Å². The number of likely N-dealkylation sites (N-methyl/N-ethyl adjacent to an activating group) is 1. The number of nitrogens with one attached hydrogen (secondary N) is 4. The van der Waals surface area contributed by atoms with E-state index in [9.17, 15) is 29.2 Å². The van der Waals surface area contributed by atoms with Gasteiger partial charge in [0.2, 0.25) is 23.6 Å². The number of ether oxygens (including phenoxy) is 2. The third-order valence-electron chi connectivity index (χ3n) is 11.7. The number of carbonyl (C=O) groups excluding carboxylic acids is 5. The molecule has 10 N–H and O–H groups in total. The summed E-state index contributed by atoms with van der Waals surface area (Å²) >= 11 is 0. The zero-order valence-electron chi connectivity index (χ0n) is 39.9. The van der Waals surface area contributed by atoms with Crippen LogP contribution in [-0.2, 0) is 32.0 Å². The Balaban J connectivity index is 1.56. The molecule has 362 valence electrons. The molecule has 4 bridgehead atoms. The molecule has 4 aromatic carbocycles. The van der Waals surface area contributed by atoms with E-state index in [1.807, 2.05) is 18.2 Å². The van der Waals surface area contributed by atoms with Gasteiger partial charge in [-0.05, 0) is 124 Å². The minimum atomic E-state index is -1.36. The van der Waals surface area contributed by atoms with E-state index in [0.717, 1.165) is 30.4 Å². The maximum Gasteiger partial charge on any atom is 0.251 e. The average molecular weight is 930 g/mol. The van der Waals surface area contributed by atoms with Crippen molar-refractivity contribution in [3.05, 3.63) is 107 Å². The van der Waals surface area contributed by atoms with Crippen LogP contribution in [0.1, 0.15) is 92.9 Å². The summed E-state index contributed by atoms with van der Waals surface area (Å²) in [7, 11) is 1.47. The summed E-state index contributed by atoms with van der Waals surface area (Å²) in [6.45, 7) is 7.78. The second-order valence-corrected chi connectivity index (χ2v) is 17.6. The van der Waals surface area contributed by atoms with Crippen LogP contribution >= 0.6 is 0 Å². The third kappa shape index (κ3) is 13.9. The van der Waals surface area contributed by atoms with Crippen molar-refractivity contribution < 1.29 is 33.4 Å². The number of benzene rings is 4. The molecule has 1 aliphatic heterocycles. The molecule has 4 atom stereocenters. The molecule has 0 aromatic heterocycles. The summed E-state index contributed by atoms with van der Waals surface area (Å²) in [6, 6.07) is 23.1. The van der Waals surface area contributed by atoms with Gasteiger partial charge in [0.15, 0.2) is 0 Å². The second-order valence-electron chi connectivity index (χ2n) is 17.6. The Kier molecular flexibility index (Phi) is 19.0. The van der Waals surface area contributed by atoms with E-state index in [1.54, 1.807) is 48.5 Å². The quantitative estimate of drug-likeness (QED) is 0.0611. The van der Waals surface area contributed by atoms with Crippen LogP contribution in [-0.4, -0.2) is 98.0 Å². The third-order valence-corrected chi connectivity index (χ3v) is 11.7. The fourth-order valence-corrected chi connectivity index (χ4v) is 7.93. The van der Waals surface area contributed by atoms with Crippen LogP contribution in [0.5, 0.6) is 11.5 Å². The van der Waals surface area contributed by atoms with E-state index in [2.05, 4.69) is 52.5 Å². The minimum absolute atomic E-state index is 0.00312. The predicted octanol–water partition coefficient (Wildman–Crippen LogP) is 4.43. The minimum Gasteiger partial charge on any atom is -0.492 e. The van der Waals surface area contributed by atoms with Crippen LogP contribution < -0.4 is 47.9 Å². The van der Waals surface area contributed by atoms with Crippen molar-refractivity contribution in [1.82, 2.24) is 26.2 Å². The molecule has 1 heterocycles. The van der Waals surface area contributed by atoms with Crippen LogP contribution in [0, 0.1) is 11.3 Å². The van der Waals surface area contributed by atoms with Gasteiger partial charge in [-0.3, -0.25) is 24.0 Å². The van der Waals surface area contributed by atoms with E-state index in [4.69, 9.17) is 26.7 Å². The molecule has 0 spiro atoms. The molecular weight excluding hydrogens is 863 g/mol. The normalized spacial score (nSPS) is 16.5. The van der Waals surface area contributed by atoms with Crippen LogP contribution in [0.2, 0.25) is 0 Å². The standard InChI is InChI=1S/C52H67N9O7/c1-6-7-10-34-12-15-36(16-13-34)37-17-19-38(20-18-37)48(63)58-42(11-8-9-24-53)51(66)61(5)46-39-21-23-45(68-28-26-55)41(31-39)40-29-35(14-22-44(40)67-27-25-54)30-43(49(64)60-52(3,4)32-56)59-47(62)33(2)57-50(46)65/h12-23,29,31,33,42-43,46H,6-11,24-28,30,53-55H2,1-5H3,(H,57,65)(H,58,63)(H,59,62)(H,60,64)/t33-,42-,43-,46-/m0/s1. The van der Waals surface area contributed by atoms with Crippen LogP contribution in [0.4, 0.5) is 0 Å². The van der Waals surface area contributed by atoms with Crippen molar-refractivity contribution >= 4 is 29.5 Å². The predicted molar refractivity (Wildman–Crippen MR) is 262 cm³/mol. The number of amides is 5. The second kappa shape index (κ2) is 24.8. The summed E-state index contributed by atoms with van der Waals surface area (Å²) in [5, 5.41) is 20.9.